The van der Waals surface area contributed by atoms with Gasteiger partial charge < -0.3 is 100 Å². The molecular formula is C70H126N2O21. The van der Waals surface area contributed by atoms with Crippen LogP contribution in [0, 0.1) is 0 Å². The van der Waals surface area contributed by atoms with E-state index in [2.05, 4.69) is 48.8 Å². The van der Waals surface area contributed by atoms with E-state index in [4.69, 9.17) is 28.4 Å². The summed E-state index contributed by atoms with van der Waals surface area (Å²) in [4.78, 5) is 38.5. The van der Waals surface area contributed by atoms with Crippen molar-refractivity contribution in [1.29, 1.82) is 0 Å². The van der Waals surface area contributed by atoms with E-state index in [0.29, 0.717) is 12.8 Å². The molecule has 0 aromatic heterocycles. The zero-order valence-corrected chi connectivity index (χ0v) is 56.6. The smallest absolute Gasteiger partial charge is 0.364 e. The maximum absolute atomic E-state index is 13.4. The zero-order chi connectivity index (χ0) is 68.2. The van der Waals surface area contributed by atoms with Crippen LogP contribution in [0.15, 0.2) is 36.5 Å². The first-order valence-corrected chi connectivity index (χ1v) is 35.9. The highest BCUT2D eigenvalue weighted by Gasteiger charge is 2.60. The van der Waals surface area contributed by atoms with Gasteiger partial charge in [-0.3, -0.25) is 9.59 Å². The van der Waals surface area contributed by atoms with E-state index in [1.54, 1.807) is 6.08 Å². The second-order valence-electron chi connectivity index (χ2n) is 26.1. The van der Waals surface area contributed by atoms with E-state index in [0.717, 1.165) is 71.1 Å². The number of unbranched alkanes of at least 4 members (excludes halogenated alkanes) is 31. The van der Waals surface area contributed by atoms with Gasteiger partial charge in [-0.2, -0.15) is 0 Å². The van der Waals surface area contributed by atoms with E-state index in [1.807, 2.05) is 6.08 Å². The SMILES string of the molecule is CCCCC/C=C\C=C/CCCCCCCCC(=O)NC(COC1OC(CO)C(OC2OC(CO)C(O)C(OC3(C(=O)O)CC(O)C(NC(C)=O)C(C(O)C(O)CO)O3)C2O)C(O)C1O)C(O)/C=C/CCCCCCCCCCCCCCCCCCCCCCCC. The second kappa shape index (κ2) is 50.3. The summed E-state index contributed by atoms with van der Waals surface area (Å²) in [5, 5.41) is 136. The van der Waals surface area contributed by atoms with Gasteiger partial charge in [0.1, 0.15) is 67.1 Å². The molecule has 0 spiro atoms. The predicted molar refractivity (Wildman–Crippen MR) is 352 cm³/mol. The number of rotatable bonds is 54. The first-order chi connectivity index (χ1) is 44.9. The van der Waals surface area contributed by atoms with Crippen molar-refractivity contribution >= 4 is 17.8 Å². The molecule has 0 aromatic carbocycles. The summed E-state index contributed by atoms with van der Waals surface area (Å²) in [6, 6.07) is -2.63. The maximum atomic E-state index is 13.4. The van der Waals surface area contributed by atoms with Crippen molar-refractivity contribution < 1.29 is 104 Å². The molecule has 3 saturated heterocycles. The van der Waals surface area contributed by atoms with Crippen molar-refractivity contribution in [3.8, 4) is 0 Å². The Balaban J connectivity index is 1.58. The van der Waals surface area contributed by atoms with Gasteiger partial charge in [0, 0.05) is 19.8 Å². The molecule has 23 heteroatoms. The molecule has 3 rings (SSSR count). The van der Waals surface area contributed by atoms with Gasteiger partial charge in [0.25, 0.3) is 5.79 Å². The van der Waals surface area contributed by atoms with Crippen LogP contribution >= 0.6 is 0 Å². The van der Waals surface area contributed by atoms with Gasteiger partial charge in [-0.15, -0.1) is 0 Å². The van der Waals surface area contributed by atoms with Gasteiger partial charge in [-0.1, -0.05) is 224 Å². The molecule has 2 amide bonds. The molecule has 3 aliphatic rings. The monoisotopic (exact) mass is 1330 g/mol. The minimum absolute atomic E-state index is 0.186. The Hall–Kier alpha value is -3.05. The molecule has 0 aliphatic carbocycles. The molecule has 0 saturated carbocycles. The van der Waals surface area contributed by atoms with Crippen molar-refractivity contribution in [3.63, 3.8) is 0 Å². The third-order valence-electron chi connectivity index (χ3n) is 18.1. The molecule has 0 aromatic rings. The lowest BCUT2D eigenvalue weighted by atomic mass is 9.88. The van der Waals surface area contributed by atoms with Crippen molar-refractivity contribution in [2.75, 3.05) is 26.4 Å². The van der Waals surface area contributed by atoms with Gasteiger partial charge >= 0.3 is 5.97 Å². The Bertz CT molecular complexity index is 2020. The summed E-state index contributed by atoms with van der Waals surface area (Å²) >= 11 is 0. The quantitative estimate of drug-likeness (QED) is 0.0165. The van der Waals surface area contributed by atoms with E-state index in [1.165, 1.54) is 141 Å². The first-order valence-electron chi connectivity index (χ1n) is 35.9. The maximum Gasteiger partial charge on any atom is 0.364 e. The van der Waals surface area contributed by atoms with Gasteiger partial charge in [0.05, 0.1) is 50.7 Å². The average molecular weight is 1330 g/mol. The van der Waals surface area contributed by atoms with Gasteiger partial charge in [0.2, 0.25) is 11.8 Å². The molecule has 3 aliphatic heterocycles. The molecule has 14 N–H and O–H groups in total. The number of hydrogen-bond acceptors (Lipinski definition) is 20. The lowest BCUT2D eigenvalue weighted by Crippen LogP contribution is -2.70. The number of aliphatic hydroxyl groups is 11. The Morgan fingerprint density at radius 2 is 1.03 bits per heavy atom. The number of carbonyl (C=O) groups excluding carboxylic acids is 2. The number of aliphatic carboxylic acids is 1. The minimum atomic E-state index is -3.08. The van der Waals surface area contributed by atoms with Crippen molar-refractivity contribution in [2.24, 2.45) is 0 Å². The Kier molecular flexibility index (Phi) is 45.5. The highest BCUT2D eigenvalue weighted by molar-refractivity contribution is 5.77. The summed E-state index contributed by atoms with van der Waals surface area (Å²) in [7, 11) is 0. The van der Waals surface area contributed by atoms with Crippen LogP contribution in [0.1, 0.15) is 252 Å². The molecule has 0 radical (unpaired) electrons. The molecule has 3 fully saturated rings. The van der Waals surface area contributed by atoms with Crippen molar-refractivity contribution in [2.45, 2.75) is 362 Å². The number of nitrogens with one attached hydrogen (secondary N) is 2. The van der Waals surface area contributed by atoms with Gasteiger partial charge in [-0.05, 0) is 44.9 Å². The minimum Gasteiger partial charge on any atom is -0.477 e. The van der Waals surface area contributed by atoms with E-state index >= 15 is 0 Å². The normalized spacial score (nSPS) is 28.3. The summed E-state index contributed by atoms with van der Waals surface area (Å²) in [6.45, 7) is 2.10. The Morgan fingerprint density at radius 3 is 1.52 bits per heavy atom. The van der Waals surface area contributed by atoms with Gasteiger partial charge in [0.15, 0.2) is 12.6 Å². The number of carboxylic acids is 1. The number of carbonyl (C=O) groups is 3. The number of aliphatic hydroxyl groups excluding tert-OH is 11. The predicted octanol–water partition coefficient (Wildman–Crippen LogP) is 7.01. The topological polar surface area (TPSA) is 373 Å². The van der Waals surface area contributed by atoms with Crippen LogP contribution in [-0.4, -0.2) is 215 Å². The lowest BCUT2D eigenvalue weighted by molar-refractivity contribution is -0.386. The third-order valence-corrected chi connectivity index (χ3v) is 18.1. The molecule has 93 heavy (non-hydrogen) atoms. The fourth-order valence-corrected chi connectivity index (χ4v) is 12.3. The summed E-state index contributed by atoms with van der Waals surface area (Å²) < 4.78 is 34.8. The standard InChI is InChI=1S/C70H126N2O21/c1-4-6-8-10-12-14-16-18-20-21-22-23-24-25-26-27-28-30-31-33-35-37-39-41-43-52(77)51(72-57(80)44-42-40-38-36-34-32-29-19-17-15-13-11-9-7-5-2)49-88-67-62(84)61(83)64(56(48-75)90-67)91-68-63(85)66(60(82)55(47-74)89-68)93-70(69(86)87)45-53(78)58(71-50(3)76)65(92-70)59(81)54(79)46-73/h13,15,17,19,41,43,51-56,58-68,73-75,77-79,81-85H,4-12,14,16,18,20-40,42,44-49H2,1-3H3,(H,71,76)(H,72,80)(H,86,87)/b15-13-,19-17-,43-41+. The summed E-state index contributed by atoms with van der Waals surface area (Å²) in [6.07, 6.45) is 23.3. The average Bonchev–Trinajstić information content (AvgIpc) is 0.767. The van der Waals surface area contributed by atoms with Gasteiger partial charge in [-0.25, -0.2) is 4.79 Å². The fourth-order valence-electron chi connectivity index (χ4n) is 12.3. The largest absolute Gasteiger partial charge is 0.477 e. The zero-order valence-electron chi connectivity index (χ0n) is 56.6. The first kappa shape index (κ1) is 84.2. The molecule has 18 atom stereocenters. The number of allylic oxidation sites excluding steroid dienone is 5. The number of hydrogen-bond donors (Lipinski definition) is 14. The third kappa shape index (κ3) is 32.5. The molecule has 0 bridgehead atoms. The Morgan fingerprint density at radius 1 is 0.570 bits per heavy atom. The summed E-state index contributed by atoms with van der Waals surface area (Å²) in [5.74, 6) is -6.16. The number of amides is 2. The van der Waals surface area contributed by atoms with E-state index in [-0.39, 0.29) is 12.3 Å². The molecule has 542 valence electrons. The van der Waals surface area contributed by atoms with Crippen LogP contribution in [0.3, 0.4) is 0 Å². The van der Waals surface area contributed by atoms with Crippen molar-refractivity contribution in [3.05, 3.63) is 36.5 Å². The van der Waals surface area contributed by atoms with E-state index in [9.17, 15) is 75.7 Å². The highest BCUT2D eigenvalue weighted by atomic mass is 16.8. The van der Waals surface area contributed by atoms with E-state index < -0.39 is 155 Å². The summed E-state index contributed by atoms with van der Waals surface area (Å²) in [5.41, 5.74) is 0. The lowest BCUT2D eigenvalue weighted by Gasteiger charge is -2.50. The second-order valence-corrected chi connectivity index (χ2v) is 26.1. The van der Waals surface area contributed by atoms with Crippen molar-refractivity contribution in [1.82, 2.24) is 10.6 Å². The van der Waals surface area contributed by atoms with Crippen LogP contribution in [0.25, 0.3) is 0 Å². The molecule has 18 unspecified atom stereocenters. The van der Waals surface area contributed by atoms with Crippen LogP contribution in [0.5, 0.6) is 0 Å². The highest BCUT2D eigenvalue weighted by Crippen LogP contribution is 2.39. The van der Waals surface area contributed by atoms with Crippen LogP contribution in [-0.2, 0) is 42.8 Å². The number of carboxylic acid groups (broad SMARTS) is 1. The molecular weight excluding hydrogens is 1200 g/mol. The molecule has 23 nitrogen and oxygen atoms in total. The molecule has 3 heterocycles. The van der Waals surface area contributed by atoms with Crippen LogP contribution in [0.2, 0.25) is 0 Å². The Labute approximate surface area is 555 Å². The number of ether oxygens (including phenoxy) is 6. The van der Waals surface area contributed by atoms with Crippen LogP contribution in [0.4, 0.5) is 0 Å². The fraction of sp³-hybridized carbons (Fsp3) is 0.871. The van der Waals surface area contributed by atoms with Crippen LogP contribution < -0.4 is 10.6 Å².